The van der Waals surface area contributed by atoms with Crippen molar-refractivity contribution in [2.75, 3.05) is 24.8 Å². The fraction of sp³-hybridized carbons (Fsp3) is 0.174. The second-order valence-corrected chi connectivity index (χ2v) is 7.36. The van der Waals surface area contributed by atoms with E-state index in [9.17, 15) is 9.18 Å². The Morgan fingerprint density at radius 1 is 1.06 bits per heavy atom. The van der Waals surface area contributed by atoms with Crippen molar-refractivity contribution < 1.29 is 13.9 Å². The van der Waals surface area contributed by atoms with E-state index in [1.165, 1.54) is 12.5 Å². The smallest absolute Gasteiger partial charge is 0.254 e. The lowest BCUT2D eigenvalue weighted by molar-refractivity contribution is 0.0963. The van der Waals surface area contributed by atoms with Crippen molar-refractivity contribution in [3.63, 3.8) is 0 Å². The molecule has 0 aliphatic carbocycles. The lowest BCUT2D eigenvalue weighted by Crippen LogP contribution is -2.19. The van der Waals surface area contributed by atoms with Gasteiger partial charge in [-0.25, -0.2) is 24.0 Å². The molecule has 4 aromatic rings. The maximum absolute atomic E-state index is 13.6. The summed E-state index contributed by atoms with van der Waals surface area (Å²) in [6.45, 7) is 1.65. The number of para-hydroxylation sites is 1. The number of aryl methyl sites for hydroxylation is 2. The summed E-state index contributed by atoms with van der Waals surface area (Å²) >= 11 is 0. The second kappa shape index (κ2) is 9.53. The van der Waals surface area contributed by atoms with Gasteiger partial charge in [-0.1, -0.05) is 6.07 Å². The molecule has 0 atom stereocenters. The van der Waals surface area contributed by atoms with Gasteiger partial charge in [0.2, 0.25) is 0 Å². The number of nitrogens with one attached hydrogen (secondary N) is 3. The van der Waals surface area contributed by atoms with E-state index >= 15 is 0 Å². The fourth-order valence-corrected chi connectivity index (χ4v) is 3.40. The van der Waals surface area contributed by atoms with Gasteiger partial charge in [-0.15, -0.1) is 0 Å². The van der Waals surface area contributed by atoms with E-state index in [0.29, 0.717) is 45.7 Å². The topological polar surface area (TPSA) is 119 Å². The number of rotatable bonds is 7. The second-order valence-electron chi connectivity index (χ2n) is 7.36. The van der Waals surface area contributed by atoms with Gasteiger partial charge in [-0.3, -0.25) is 4.79 Å². The Bertz CT molecular complexity index is 1350. The van der Waals surface area contributed by atoms with Crippen LogP contribution in [-0.4, -0.2) is 44.8 Å². The maximum Gasteiger partial charge on any atom is 0.254 e. The molecule has 1 amide bonds. The summed E-state index contributed by atoms with van der Waals surface area (Å²) in [5.41, 5.74) is 2.59. The van der Waals surface area contributed by atoms with Crippen LogP contribution in [0, 0.1) is 12.7 Å². The van der Waals surface area contributed by atoms with Crippen LogP contribution in [0.4, 0.5) is 27.4 Å². The van der Waals surface area contributed by atoms with Gasteiger partial charge in [0.05, 0.1) is 35.8 Å². The number of carbonyl (C=O) groups excluding carboxylic acids is 1. The molecular weight excluding hydrogens is 439 g/mol. The Morgan fingerprint density at radius 2 is 1.82 bits per heavy atom. The Hall–Kier alpha value is -4.54. The summed E-state index contributed by atoms with van der Waals surface area (Å²) in [4.78, 5) is 25.2. The molecule has 0 saturated carbocycles. The third-order valence-electron chi connectivity index (χ3n) is 5.12. The number of hydrogen-bond donors (Lipinski definition) is 3. The molecule has 0 bridgehead atoms. The third kappa shape index (κ3) is 4.49. The number of aromatic nitrogens is 5. The molecule has 10 nitrogen and oxygen atoms in total. The molecule has 11 heteroatoms. The van der Waals surface area contributed by atoms with Crippen LogP contribution in [-0.2, 0) is 7.05 Å². The molecule has 34 heavy (non-hydrogen) atoms. The number of anilines is 4. The highest BCUT2D eigenvalue weighted by atomic mass is 19.1. The maximum atomic E-state index is 13.6. The molecule has 0 saturated heterocycles. The Morgan fingerprint density at radius 3 is 2.50 bits per heavy atom. The summed E-state index contributed by atoms with van der Waals surface area (Å²) in [6, 6.07) is 8.78. The number of hydrogen-bond acceptors (Lipinski definition) is 8. The van der Waals surface area contributed by atoms with Gasteiger partial charge in [0, 0.05) is 26.4 Å². The largest absolute Gasteiger partial charge is 0.494 e. The Balaban J connectivity index is 1.74. The van der Waals surface area contributed by atoms with Crippen LogP contribution in [0.1, 0.15) is 15.9 Å². The van der Waals surface area contributed by atoms with Crippen LogP contribution >= 0.6 is 0 Å². The van der Waals surface area contributed by atoms with E-state index in [4.69, 9.17) is 4.74 Å². The monoisotopic (exact) mass is 462 g/mol. The third-order valence-corrected chi connectivity index (χ3v) is 5.12. The number of nitrogens with zero attached hydrogens (tertiary/aromatic N) is 5. The highest BCUT2D eigenvalue weighted by molar-refractivity contribution is 6.00. The molecular formula is C23H23FN8O2. The van der Waals surface area contributed by atoms with Gasteiger partial charge in [0.1, 0.15) is 23.8 Å². The van der Waals surface area contributed by atoms with Crippen LogP contribution in [0.2, 0.25) is 0 Å². The van der Waals surface area contributed by atoms with Gasteiger partial charge < -0.3 is 20.7 Å². The van der Waals surface area contributed by atoms with Crippen molar-refractivity contribution >= 4 is 28.9 Å². The quantitative estimate of drug-likeness (QED) is 0.381. The van der Waals surface area contributed by atoms with Gasteiger partial charge in [0.25, 0.3) is 5.91 Å². The number of methoxy groups -OCH3 is 1. The zero-order valence-electron chi connectivity index (χ0n) is 19.0. The zero-order valence-corrected chi connectivity index (χ0v) is 19.0. The molecule has 0 aliphatic rings. The normalized spacial score (nSPS) is 10.6. The first kappa shape index (κ1) is 22.6. The number of ether oxygens (including phenoxy) is 1. The van der Waals surface area contributed by atoms with Crippen molar-refractivity contribution in [1.82, 2.24) is 30.0 Å². The lowest BCUT2D eigenvalue weighted by Gasteiger charge is -2.17. The number of halogens is 1. The molecule has 0 unspecified atom stereocenters. The van der Waals surface area contributed by atoms with Gasteiger partial charge in [-0.2, -0.15) is 5.10 Å². The van der Waals surface area contributed by atoms with Gasteiger partial charge >= 0.3 is 0 Å². The standard InChI is InChI=1S/C23H23FN8O2/c1-13-8-19(27-11-16(13)24)31-20-9-18(15(10-26-20)23(33)25-2)30-17-7-5-6-14(21(17)34-4)22-28-12-29-32(22)3/h5-12H,1-4H3,(H,25,33)(H2,26,27,30,31). The fourth-order valence-electron chi connectivity index (χ4n) is 3.40. The molecule has 3 heterocycles. The van der Waals surface area contributed by atoms with Crippen molar-refractivity contribution in [1.29, 1.82) is 0 Å². The van der Waals surface area contributed by atoms with E-state index in [1.807, 2.05) is 18.2 Å². The van der Waals surface area contributed by atoms with Crippen LogP contribution in [0.5, 0.6) is 5.75 Å². The van der Waals surface area contributed by atoms with E-state index in [2.05, 4.69) is 36.0 Å². The first-order valence-electron chi connectivity index (χ1n) is 10.3. The summed E-state index contributed by atoms with van der Waals surface area (Å²) in [5.74, 6) is 1.28. The van der Waals surface area contributed by atoms with E-state index in [0.717, 1.165) is 11.8 Å². The van der Waals surface area contributed by atoms with Crippen molar-refractivity contribution in [3.05, 3.63) is 66.0 Å². The van der Waals surface area contributed by atoms with E-state index < -0.39 is 5.82 Å². The lowest BCUT2D eigenvalue weighted by atomic mass is 10.1. The molecule has 1 aromatic carbocycles. The van der Waals surface area contributed by atoms with E-state index in [-0.39, 0.29) is 5.91 Å². The summed E-state index contributed by atoms with van der Waals surface area (Å²) in [6.07, 6.45) is 4.04. The SMILES string of the molecule is CNC(=O)c1cnc(Nc2cc(C)c(F)cn2)cc1Nc1cccc(-c2ncnn2C)c1OC. The molecule has 3 aromatic heterocycles. The molecule has 0 radical (unpaired) electrons. The predicted molar refractivity (Wildman–Crippen MR) is 126 cm³/mol. The first-order chi connectivity index (χ1) is 16.4. The van der Waals surface area contributed by atoms with Crippen molar-refractivity contribution in [2.45, 2.75) is 6.92 Å². The minimum atomic E-state index is -0.397. The number of benzene rings is 1. The van der Waals surface area contributed by atoms with Crippen LogP contribution in [0.15, 0.2) is 49.1 Å². The minimum Gasteiger partial charge on any atom is -0.494 e. The molecule has 0 spiro atoms. The molecule has 0 aliphatic heterocycles. The molecule has 0 fully saturated rings. The average Bonchev–Trinajstić information content (AvgIpc) is 3.26. The molecule has 3 N–H and O–H groups in total. The Labute approximate surface area is 195 Å². The van der Waals surface area contributed by atoms with Crippen molar-refractivity contribution in [2.24, 2.45) is 7.05 Å². The molecule has 174 valence electrons. The van der Waals surface area contributed by atoms with Gasteiger partial charge in [0.15, 0.2) is 11.6 Å². The Kier molecular flexibility index (Phi) is 6.35. The van der Waals surface area contributed by atoms with Gasteiger partial charge in [-0.05, 0) is 30.7 Å². The summed E-state index contributed by atoms with van der Waals surface area (Å²) in [5, 5.41) is 13.0. The van der Waals surface area contributed by atoms with Crippen molar-refractivity contribution in [3.8, 4) is 17.1 Å². The van der Waals surface area contributed by atoms with Crippen LogP contribution in [0.25, 0.3) is 11.4 Å². The highest BCUT2D eigenvalue weighted by Crippen LogP contribution is 2.37. The highest BCUT2D eigenvalue weighted by Gasteiger charge is 2.18. The van der Waals surface area contributed by atoms with E-state index in [1.54, 1.807) is 44.9 Å². The summed E-state index contributed by atoms with van der Waals surface area (Å²) in [7, 11) is 4.89. The summed E-state index contributed by atoms with van der Waals surface area (Å²) < 4.78 is 20.9. The first-order valence-corrected chi connectivity index (χ1v) is 10.3. The number of pyridine rings is 2. The van der Waals surface area contributed by atoms with Crippen LogP contribution < -0.4 is 20.7 Å². The number of amides is 1. The predicted octanol–water partition coefficient (Wildman–Crippen LogP) is 3.58. The average molecular weight is 462 g/mol. The zero-order chi connectivity index (χ0) is 24.2. The minimum absolute atomic E-state index is 0.319. The number of carbonyl (C=O) groups is 1. The van der Waals surface area contributed by atoms with Crippen LogP contribution in [0.3, 0.4) is 0 Å². The molecule has 4 rings (SSSR count).